The van der Waals surface area contributed by atoms with Gasteiger partial charge < -0.3 is 10.2 Å². The Balaban J connectivity index is 2.17. The number of benzene rings is 2. The Bertz CT molecular complexity index is 818. The second-order valence-corrected chi connectivity index (χ2v) is 6.35. The fourth-order valence-electron chi connectivity index (χ4n) is 1.80. The van der Waals surface area contributed by atoms with Crippen LogP contribution in [-0.2, 0) is 21.2 Å². The smallest absolute Gasteiger partial charge is 0.262 e. The molecule has 0 aliphatic rings. The van der Waals surface area contributed by atoms with Gasteiger partial charge in [-0.25, -0.2) is 13.9 Å². The fourth-order valence-corrected chi connectivity index (χ4v) is 2.88. The fraction of sp³-hybridized carbons (Fsp3) is 0.0714. The zero-order valence-corrected chi connectivity index (χ0v) is 12.5. The number of anilines is 1. The summed E-state index contributed by atoms with van der Waals surface area (Å²) >= 11 is 0. The molecule has 0 aromatic heterocycles. The number of hydroxylamine groups is 1. The molecule has 0 atom stereocenters. The van der Waals surface area contributed by atoms with Gasteiger partial charge in [0.25, 0.3) is 10.0 Å². The molecule has 0 saturated heterocycles. The summed E-state index contributed by atoms with van der Waals surface area (Å²) in [4.78, 5) is 10.8. The van der Waals surface area contributed by atoms with Gasteiger partial charge in [0.05, 0.1) is 11.3 Å². The summed E-state index contributed by atoms with van der Waals surface area (Å²) < 4.78 is 26.7. The van der Waals surface area contributed by atoms with Crippen molar-refractivity contribution in [3.63, 3.8) is 0 Å². The summed E-state index contributed by atoms with van der Waals surface area (Å²) in [5.41, 5.74) is 2.34. The van der Waals surface area contributed by atoms with Crippen molar-refractivity contribution in [2.75, 3.05) is 4.72 Å². The predicted octanol–water partition coefficient (Wildman–Crippen LogP) is 0.946. The van der Waals surface area contributed by atoms with Crippen molar-refractivity contribution < 1.29 is 28.6 Å². The van der Waals surface area contributed by atoms with Crippen LogP contribution in [0.4, 0.5) is 5.69 Å². The minimum Gasteiger partial charge on any atom is -0.504 e. The number of hydrogen-bond donors (Lipinski definition) is 5. The Kier molecular flexibility index (Phi) is 4.72. The average molecular weight is 338 g/mol. The normalized spacial score (nSPS) is 11.0. The van der Waals surface area contributed by atoms with Crippen LogP contribution in [0.25, 0.3) is 0 Å². The summed E-state index contributed by atoms with van der Waals surface area (Å²) in [5.74, 6) is -1.55. The second kappa shape index (κ2) is 6.55. The lowest BCUT2D eigenvalue weighted by molar-refractivity contribution is -0.128. The summed E-state index contributed by atoms with van der Waals surface area (Å²) in [7, 11) is -3.93. The Labute approximate surface area is 132 Å². The molecule has 0 radical (unpaired) electrons. The number of nitrogens with one attached hydrogen (secondary N) is 2. The summed E-state index contributed by atoms with van der Waals surface area (Å²) in [5, 5.41) is 27.0. The van der Waals surface area contributed by atoms with E-state index in [2.05, 4.69) is 4.72 Å². The van der Waals surface area contributed by atoms with E-state index < -0.39 is 27.4 Å². The first-order valence-corrected chi connectivity index (χ1v) is 7.87. The topological polar surface area (TPSA) is 136 Å². The zero-order chi connectivity index (χ0) is 17.0. The van der Waals surface area contributed by atoms with Crippen molar-refractivity contribution in [3.05, 3.63) is 48.0 Å². The maximum absolute atomic E-state index is 12.2. The van der Waals surface area contributed by atoms with E-state index in [4.69, 9.17) is 5.21 Å². The molecule has 0 fully saturated rings. The van der Waals surface area contributed by atoms with Gasteiger partial charge in [-0.15, -0.1) is 0 Å². The van der Waals surface area contributed by atoms with Gasteiger partial charge in [-0.05, 0) is 29.8 Å². The second-order valence-electron chi connectivity index (χ2n) is 4.66. The minimum atomic E-state index is -3.93. The van der Waals surface area contributed by atoms with Crippen LogP contribution in [-0.4, -0.2) is 29.7 Å². The highest BCUT2D eigenvalue weighted by atomic mass is 32.2. The first-order chi connectivity index (χ1) is 10.8. The quantitative estimate of drug-likeness (QED) is 0.313. The first kappa shape index (κ1) is 16.6. The number of aromatic hydroxyl groups is 2. The molecule has 0 aliphatic heterocycles. The van der Waals surface area contributed by atoms with Crippen LogP contribution in [0.3, 0.4) is 0 Å². The van der Waals surface area contributed by atoms with Crippen molar-refractivity contribution in [1.82, 2.24) is 5.48 Å². The van der Waals surface area contributed by atoms with E-state index in [1.165, 1.54) is 29.7 Å². The third-order valence-electron chi connectivity index (χ3n) is 2.95. The van der Waals surface area contributed by atoms with Crippen molar-refractivity contribution in [3.8, 4) is 11.5 Å². The molecule has 23 heavy (non-hydrogen) atoms. The van der Waals surface area contributed by atoms with Gasteiger partial charge >= 0.3 is 0 Å². The molecular formula is C14H14N2O6S. The lowest BCUT2D eigenvalue weighted by Crippen LogP contribution is -2.20. The van der Waals surface area contributed by atoms with Crippen LogP contribution in [0.1, 0.15) is 5.56 Å². The lowest BCUT2D eigenvalue weighted by atomic mass is 10.1. The highest BCUT2D eigenvalue weighted by molar-refractivity contribution is 7.92. The molecule has 0 aliphatic carbocycles. The van der Waals surface area contributed by atoms with Crippen molar-refractivity contribution >= 4 is 21.6 Å². The number of phenols is 2. The van der Waals surface area contributed by atoms with Crippen molar-refractivity contribution in [1.29, 1.82) is 0 Å². The van der Waals surface area contributed by atoms with Crippen LogP contribution in [0.5, 0.6) is 11.5 Å². The number of amides is 1. The van der Waals surface area contributed by atoms with Crippen LogP contribution >= 0.6 is 0 Å². The molecule has 5 N–H and O–H groups in total. The van der Waals surface area contributed by atoms with Gasteiger partial charge in [-0.3, -0.25) is 14.7 Å². The van der Waals surface area contributed by atoms with Gasteiger partial charge in [0, 0.05) is 11.8 Å². The largest absolute Gasteiger partial charge is 0.504 e. The van der Waals surface area contributed by atoms with Crippen molar-refractivity contribution in [2.24, 2.45) is 0 Å². The number of carbonyl (C=O) groups excluding carboxylic acids is 1. The summed E-state index contributed by atoms with van der Waals surface area (Å²) in [6.07, 6.45) is -0.0463. The molecule has 2 rings (SSSR count). The van der Waals surface area contributed by atoms with Crippen LogP contribution in [0, 0.1) is 0 Å². The molecule has 2 aromatic rings. The summed E-state index contributed by atoms with van der Waals surface area (Å²) in [6.45, 7) is 0. The maximum Gasteiger partial charge on any atom is 0.262 e. The first-order valence-electron chi connectivity index (χ1n) is 6.38. The zero-order valence-electron chi connectivity index (χ0n) is 11.7. The molecule has 9 heteroatoms. The van der Waals surface area contributed by atoms with Gasteiger partial charge in [-0.2, -0.15) is 0 Å². The maximum atomic E-state index is 12.2. The molecule has 122 valence electrons. The molecule has 2 aromatic carbocycles. The molecule has 0 unspecified atom stereocenters. The monoisotopic (exact) mass is 338 g/mol. The lowest BCUT2D eigenvalue weighted by Gasteiger charge is -2.09. The third-order valence-corrected chi connectivity index (χ3v) is 4.33. The van der Waals surface area contributed by atoms with Gasteiger partial charge in [0.15, 0.2) is 11.5 Å². The number of phenolic OH excluding ortho intramolecular Hbond substituents is 2. The molecule has 0 saturated carbocycles. The van der Waals surface area contributed by atoms with E-state index in [1.54, 1.807) is 0 Å². The van der Waals surface area contributed by atoms with E-state index in [0.29, 0.717) is 5.56 Å². The third kappa shape index (κ3) is 4.11. The Morgan fingerprint density at radius 2 is 1.65 bits per heavy atom. The Morgan fingerprint density at radius 3 is 2.22 bits per heavy atom. The summed E-state index contributed by atoms with van der Waals surface area (Å²) in [6, 6.07) is 9.12. The van der Waals surface area contributed by atoms with Gasteiger partial charge in [0.1, 0.15) is 0 Å². The number of rotatable bonds is 5. The van der Waals surface area contributed by atoms with E-state index in [9.17, 15) is 23.4 Å². The average Bonchev–Trinajstić information content (AvgIpc) is 2.51. The van der Waals surface area contributed by atoms with Crippen LogP contribution < -0.4 is 10.2 Å². The SMILES string of the molecule is O=C(Cc1ccc(NS(=O)(=O)c2ccc(O)c(O)c2)cc1)NO. The number of hydrogen-bond acceptors (Lipinski definition) is 6. The molecule has 0 heterocycles. The molecular weight excluding hydrogens is 324 g/mol. The number of carbonyl (C=O) groups is 1. The molecule has 1 amide bonds. The molecule has 8 nitrogen and oxygen atoms in total. The van der Waals surface area contributed by atoms with Gasteiger partial charge in [0.2, 0.25) is 5.91 Å². The Hall–Kier alpha value is -2.78. The standard InChI is InChI=1S/C14H14N2O6S/c17-12-6-5-11(8-13(12)18)23(21,22)16-10-3-1-9(2-4-10)7-14(19)15-20/h1-6,8,16-18,20H,7H2,(H,15,19). The van der Waals surface area contributed by atoms with Gasteiger partial charge in [-0.1, -0.05) is 12.1 Å². The molecule has 0 bridgehead atoms. The van der Waals surface area contributed by atoms with Crippen molar-refractivity contribution in [2.45, 2.75) is 11.3 Å². The van der Waals surface area contributed by atoms with E-state index in [0.717, 1.165) is 18.2 Å². The van der Waals surface area contributed by atoms with Crippen LogP contribution in [0.2, 0.25) is 0 Å². The Morgan fingerprint density at radius 1 is 1.00 bits per heavy atom. The highest BCUT2D eigenvalue weighted by Crippen LogP contribution is 2.28. The minimum absolute atomic E-state index is 0.0463. The predicted molar refractivity (Wildman–Crippen MR) is 80.7 cm³/mol. The van der Waals surface area contributed by atoms with E-state index in [-0.39, 0.29) is 17.0 Å². The number of sulfonamides is 1. The van der Waals surface area contributed by atoms with Crippen LogP contribution in [0.15, 0.2) is 47.4 Å². The molecule has 0 spiro atoms. The highest BCUT2D eigenvalue weighted by Gasteiger charge is 2.16. The van der Waals surface area contributed by atoms with E-state index in [1.807, 2.05) is 0 Å². The van der Waals surface area contributed by atoms with E-state index >= 15 is 0 Å².